The van der Waals surface area contributed by atoms with Crippen molar-refractivity contribution in [2.24, 2.45) is 0 Å². The Balaban J connectivity index is 1.09. The van der Waals surface area contributed by atoms with Gasteiger partial charge in [-0.3, -0.25) is 0 Å². The van der Waals surface area contributed by atoms with Crippen LogP contribution in [0.25, 0.3) is 54.6 Å². The summed E-state index contributed by atoms with van der Waals surface area (Å²) >= 11 is 0. The fourth-order valence-electron chi connectivity index (χ4n) is 10.9. The molecule has 0 saturated heterocycles. The van der Waals surface area contributed by atoms with Crippen molar-refractivity contribution in [1.29, 1.82) is 0 Å². The van der Waals surface area contributed by atoms with Crippen molar-refractivity contribution in [2.45, 2.75) is 24.7 Å². The van der Waals surface area contributed by atoms with Crippen molar-refractivity contribution >= 4 is 49.4 Å². The molecule has 0 fully saturated rings. The van der Waals surface area contributed by atoms with E-state index in [-0.39, 0.29) is 5.41 Å². The Labute approximate surface area is 345 Å². The van der Waals surface area contributed by atoms with Gasteiger partial charge in [0.25, 0.3) is 0 Å². The van der Waals surface area contributed by atoms with E-state index in [1.165, 1.54) is 88.0 Å². The molecule has 0 atom stereocenters. The lowest BCUT2D eigenvalue weighted by Gasteiger charge is -2.34. The van der Waals surface area contributed by atoms with Crippen LogP contribution in [0, 0.1) is 0 Å². The summed E-state index contributed by atoms with van der Waals surface area (Å²) < 4.78 is 0. The molecule has 59 heavy (non-hydrogen) atoms. The minimum Gasteiger partial charge on any atom is -0.310 e. The molecule has 0 saturated carbocycles. The van der Waals surface area contributed by atoms with E-state index in [0.29, 0.717) is 0 Å². The summed E-state index contributed by atoms with van der Waals surface area (Å²) in [4.78, 5) is 2.45. The minimum absolute atomic E-state index is 0.104. The maximum atomic E-state index is 2.51. The molecule has 0 aliphatic heterocycles. The predicted octanol–water partition coefficient (Wildman–Crippen LogP) is 15.3. The lowest BCUT2D eigenvalue weighted by molar-refractivity contribution is 0.660. The van der Waals surface area contributed by atoms with Gasteiger partial charge in [-0.15, -0.1) is 0 Å². The summed E-state index contributed by atoms with van der Waals surface area (Å²) in [5, 5.41) is 7.71. The monoisotopic (exact) mass is 751 g/mol. The molecule has 0 heterocycles. The van der Waals surface area contributed by atoms with Crippen LogP contribution in [-0.4, -0.2) is 0 Å². The van der Waals surface area contributed by atoms with E-state index in [1.54, 1.807) is 0 Å². The molecule has 0 bridgehead atoms. The smallest absolute Gasteiger partial charge is 0.0714 e. The molecule has 278 valence electrons. The molecule has 0 N–H and O–H groups in total. The lowest BCUT2D eigenvalue weighted by atomic mass is 9.67. The number of benzene rings is 10. The predicted molar refractivity (Wildman–Crippen MR) is 249 cm³/mol. The third kappa shape index (κ3) is 4.73. The first-order valence-corrected chi connectivity index (χ1v) is 20.8. The van der Waals surface area contributed by atoms with E-state index in [1.807, 2.05) is 0 Å². The van der Waals surface area contributed by atoms with Crippen LogP contribution in [0.3, 0.4) is 0 Å². The van der Waals surface area contributed by atoms with Crippen LogP contribution in [0.2, 0.25) is 0 Å². The van der Waals surface area contributed by atoms with Crippen molar-refractivity contribution in [3.63, 3.8) is 0 Å². The number of anilines is 3. The van der Waals surface area contributed by atoms with Gasteiger partial charge in [-0.25, -0.2) is 0 Å². The van der Waals surface area contributed by atoms with Gasteiger partial charge in [-0.1, -0.05) is 184 Å². The average Bonchev–Trinajstić information content (AvgIpc) is 3.73. The normalized spacial score (nSPS) is 14.2. The van der Waals surface area contributed by atoms with Gasteiger partial charge in [-0.2, -0.15) is 0 Å². The lowest BCUT2D eigenvalue weighted by Crippen LogP contribution is -2.28. The van der Waals surface area contributed by atoms with Gasteiger partial charge < -0.3 is 4.90 Å². The third-order valence-corrected chi connectivity index (χ3v) is 13.5. The Bertz CT molecular complexity index is 3250. The number of hydrogen-bond acceptors (Lipinski definition) is 1. The van der Waals surface area contributed by atoms with Crippen LogP contribution in [0.4, 0.5) is 17.1 Å². The van der Waals surface area contributed by atoms with Crippen molar-refractivity contribution in [3.8, 4) is 22.3 Å². The number of hydrogen-bond donors (Lipinski definition) is 0. The highest BCUT2D eigenvalue weighted by atomic mass is 15.1. The molecule has 2 aliphatic rings. The molecule has 12 rings (SSSR count). The van der Waals surface area contributed by atoms with E-state index in [2.05, 4.69) is 231 Å². The first-order chi connectivity index (χ1) is 29.0. The van der Waals surface area contributed by atoms with Crippen LogP contribution in [0.5, 0.6) is 0 Å². The first-order valence-electron chi connectivity index (χ1n) is 20.8. The molecule has 1 nitrogen and oxygen atoms in total. The van der Waals surface area contributed by atoms with Crippen LogP contribution in [-0.2, 0) is 10.8 Å². The second-order valence-electron chi connectivity index (χ2n) is 16.8. The largest absolute Gasteiger partial charge is 0.310 e. The molecule has 2 aliphatic carbocycles. The summed E-state index contributed by atoms with van der Waals surface area (Å²) in [6, 6.07) is 79.3. The van der Waals surface area contributed by atoms with Gasteiger partial charge in [0.15, 0.2) is 0 Å². The second kappa shape index (κ2) is 12.6. The summed E-state index contributed by atoms with van der Waals surface area (Å²) in [6.45, 7) is 4.72. The van der Waals surface area contributed by atoms with Crippen molar-refractivity contribution in [3.05, 3.63) is 246 Å². The first kappa shape index (κ1) is 33.9. The average molecular weight is 752 g/mol. The summed E-state index contributed by atoms with van der Waals surface area (Å²) in [7, 11) is 0. The molecule has 0 spiro atoms. The SMILES string of the molecule is CC1(C)c2ccccc2-c2ccc(N(c3ccccc3)c3ccc(-c4cc5c6c(ccc7cccc(c76)C5(c5ccccc5)c5ccccc5)c4)c4ccccc34)cc21. The minimum atomic E-state index is -0.471. The molecule has 0 unspecified atom stereocenters. The van der Waals surface area contributed by atoms with Crippen LogP contribution in [0.15, 0.2) is 212 Å². The van der Waals surface area contributed by atoms with Crippen LogP contribution in [0.1, 0.15) is 47.2 Å². The van der Waals surface area contributed by atoms with Crippen molar-refractivity contribution < 1.29 is 0 Å². The highest BCUT2D eigenvalue weighted by molar-refractivity contribution is 6.18. The summed E-state index contributed by atoms with van der Waals surface area (Å²) in [5.74, 6) is 0. The zero-order valence-corrected chi connectivity index (χ0v) is 33.2. The van der Waals surface area contributed by atoms with Gasteiger partial charge >= 0.3 is 0 Å². The van der Waals surface area contributed by atoms with Gasteiger partial charge in [0.1, 0.15) is 0 Å². The van der Waals surface area contributed by atoms with Gasteiger partial charge in [0, 0.05) is 22.2 Å². The number of rotatable bonds is 6. The number of fused-ring (bicyclic) bond motifs is 4. The Morgan fingerprint density at radius 3 is 1.71 bits per heavy atom. The molecular weight excluding hydrogens is 711 g/mol. The molecule has 10 aromatic carbocycles. The standard InChI is InChI=1S/C58H41N/c1-57(2)50-27-15-14-25-47(50)48-32-31-44(37-52(48)57)59(43-22-10-5-11-23-43)54-34-33-45(46-24-12-13-26-49(46)54)40-35-39-30-29-38-17-16-28-51-55(38)56(39)53(36-40)58(51,41-18-6-3-7-19-41)42-20-8-4-9-21-42/h3-37H,1-2H3. The van der Waals surface area contributed by atoms with Crippen LogP contribution >= 0.6 is 0 Å². The molecule has 0 aromatic heterocycles. The van der Waals surface area contributed by atoms with Crippen molar-refractivity contribution in [1.82, 2.24) is 0 Å². The van der Waals surface area contributed by atoms with Crippen LogP contribution < -0.4 is 4.90 Å². The maximum Gasteiger partial charge on any atom is 0.0714 e. The Kier molecular flexibility index (Phi) is 7.26. The van der Waals surface area contributed by atoms with Gasteiger partial charge in [-0.05, 0) is 125 Å². The van der Waals surface area contributed by atoms with E-state index in [9.17, 15) is 0 Å². The zero-order valence-electron chi connectivity index (χ0n) is 33.2. The van der Waals surface area contributed by atoms with E-state index >= 15 is 0 Å². The third-order valence-electron chi connectivity index (χ3n) is 13.5. The molecule has 0 amide bonds. The maximum absolute atomic E-state index is 2.51. The van der Waals surface area contributed by atoms with E-state index in [0.717, 1.165) is 17.1 Å². The Morgan fingerprint density at radius 2 is 0.949 bits per heavy atom. The number of para-hydroxylation sites is 1. The summed E-state index contributed by atoms with van der Waals surface area (Å²) in [6.07, 6.45) is 0. The van der Waals surface area contributed by atoms with E-state index in [4.69, 9.17) is 0 Å². The van der Waals surface area contributed by atoms with Gasteiger partial charge in [0.2, 0.25) is 0 Å². The number of nitrogens with zero attached hydrogens (tertiary/aromatic N) is 1. The molecule has 10 aromatic rings. The second-order valence-corrected chi connectivity index (χ2v) is 16.8. The topological polar surface area (TPSA) is 3.24 Å². The molecule has 0 radical (unpaired) electrons. The highest BCUT2D eigenvalue weighted by Crippen LogP contribution is 2.57. The van der Waals surface area contributed by atoms with Gasteiger partial charge in [0.05, 0.1) is 11.1 Å². The Hall–Kier alpha value is -7.22. The zero-order chi connectivity index (χ0) is 39.3. The van der Waals surface area contributed by atoms with E-state index < -0.39 is 5.41 Å². The Morgan fingerprint density at radius 1 is 0.356 bits per heavy atom. The summed E-state index contributed by atoms with van der Waals surface area (Å²) in [5.41, 5.74) is 16.0. The highest BCUT2D eigenvalue weighted by Gasteiger charge is 2.45. The molecular formula is C58H41N. The fraction of sp³-hybridized carbons (Fsp3) is 0.0690. The van der Waals surface area contributed by atoms with Crippen molar-refractivity contribution in [2.75, 3.05) is 4.90 Å². The quantitative estimate of drug-likeness (QED) is 0.153. The molecule has 1 heteroatoms. The fourth-order valence-corrected chi connectivity index (χ4v) is 10.9.